The number of fused-ring (bicyclic) bond motifs is 1. The van der Waals surface area contributed by atoms with Gasteiger partial charge in [0, 0.05) is 49.1 Å². The van der Waals surface area contributed by atoms with Crippen molar-refractivity contribution < 1.29 is 8.42 Å². The van der Waals surface area contributed by atoms with Crippen molar-refractivity contribution in [2.24, 2.45) is 5.14 Å². The fourth-order valence-electron chi connectivity index (χ4n) is 3.23. The van der Waals surface area contributed by atoms with Gasteiger partial charge >= 0.3 is 0 Å². The van der Waals surface area contributed by atoms with E-state index >= 15 is 0 Å². The number of hydrogen-bond acceptors (Lipinski definition) is 8. The quantitative estimate of drug-likeness (QED) is 0.487. The lowest BCUT2D eigenvalue weighted by atomic mass is 10.2. The van der Waals surface area contributed by atoms with Crippen LogP contribution in [-0.4, -0.2) is 49.5 Å². The molecule has 3 aromatic rings. The van der Waals surface area contributed by atoms with Crippen molar-refractivity contribution in [3.05, 3.63) is 42.1 Å². The molecule has 5 N–H and O–H groups in total. The molecular formula is C18H22N8O2S. The minimum absolute atomic E-state index is 0.113. The number of benzene rings is 1. The van der Waals surface area contributed by atoms with E-state index in [0.29, 0.717) is 11.6 Å². The van der Waals surface area contributed by atoms with Crippen LogP contribution in [-0.2, 0) is 10.2 Å². The minimum atomic E-state index is -3.91. The predicted molar refractivity (Wildman–Crippen MR) is 114 cm³/mol. The maximum Gasteiger partial charge on any atom is 0.297 e. The zero-order valence-corrected chi connectivity index (χ0v) is 16.7. The van der Waals surface area contributed by atoms with Crippen molar-refractivity contribution in [3.8, 4) is 0 Å². The maximum absolute atomic E-state index is 11.3. The van der Waals surface area contributed by atoms with Gasteiger partial charge in [0.05, 0.1) is 0 Å². The van der Waals surface area contributed by atoms with Crippen LogP contribution in [0.1, 0.15) is 5.56 Å². The fourth-order valence-corrected chi connectivity index (χ4v) is 3.63. The van der Waals surface area contributed by atoms with Crippen LogP contribution in [0.25, 0.3) is 11.0 Å². The van der Waals surface area contributed by atoms with Gasteiger partial charge in [-0.1, -0.05) is 0 Å². The number of rotatable bonds is 5. The van der Waals surface area contributed by atoms with Crippen molar-refractivity contribution in [2.45, 2.75) is 6.92 Å². The molecular weight excluding hydrogens is 392 g/mol. The average molecular weight is 414 g/mol. The van der Waals surface area contributed by atoms with Gasteiger partial charge in [-0.2, -0.15) is 13.4 Å². The number of nitrogens with two attached hydrogens (primary N) is 1. The summed E-state index contributed by atoms with van der Waals surface area (Å²) in [5.41, 5.74) is 3.17. The lowest BCUT2D eigenvalue weighted by Gasteiger charge is -2.29. The lowest BCUT2D eigenvalue weighted by molar-refractivity contribution is 0.589. The highest BCUT2D eigenvalue weighted by molar-refractivity contribution is 7.90. The third-order valence-electron chi connectivity index (χ3n) is 4.63. The van der Waals surface area contributed by atoms with E-state index in [1.54, 1.807) is 12.3 Å². The zero-order valence-electron chi connectivity index (χ0n) is 15.9. The van der Waals surface area contributed by atoms with Gasteiger partial charge < -0.3 is 15.5 Å². The van der Waals surface area contributed by atoms with E-state index in [-0.39, 0.29) is 5.82 Å². The molecule has 1 saturated heterocycles. The topological polar surface area (TPSA) is 138 Å². The zero-order chi connectivity index (χ0) is 20.4. The summed E-state index contributed by atoms with van der Waals surface area (Å²) in [6.07, 6.45) is 1.66. The van der Waals surface area contributed by atoms with Gasteiger partial charge in [-0.25, -0.2) is 15.1 Å². The predicted octanol–water partition coefficient (Wildman–Crippen LogP) is 1.10. The van der Waals surface area contributed by atoms with Crippen LogP contribution < -0.4 is 25.4 Å². The lowest BCUT2D eigenvalue weighted by Crippen LogP contribution is -2.43. The van der Waals surface area contributed by atoms with Crippen LogP contribution in [0, 0.1) is 6.92 Å². The molecule has 11 heteroatoms. The van der Waals surface area contributed by atoms with Crippen molar-refractivity contribution in [3.63, 3.8) is 0 Å². The second kappa shape index (κ2) is 7.78. The third-order valence-corrected chi connectivity index (χ3v) is 5.12. The first-order valence-corrected chi connectivity index (χ1v) is 10.7. The Morgan fingerprint density at radius 3 is 2.55 bits per heavy atom. The van der Waals surface area contributed by atoms with Crippen LogP contribution in [0.2, 0.25) is 0 Å². The van der Waals surface area contributed by atoms with E-state index in [1.165, 1.54) is 5.69 Å². The molecule has 1 aromatic carbocycles. The van der Waals surface area contributed by atoms with E-state index in [1.807, 2.05) is 19.1 Å². The molecule has 0 saturated carbocycles. The molecule has 3 heterocycles. The smallest absolute Gasteiger partial charge is 0.297 e. The van der Waals surface area contributed by atoms with Crippen molar-refractivity contribution in [1.29, 1.82) is 0 Å². The molecule has 0 bridgehead atoms. The van der Waals surface area contributed by atoms with Crippen LogP contribution in [0.4, 0.5) is 23.1 Å². The minimum Gasteiger partial charge on any atom is -0.369 e. The largest absolute Gasteiger partial charge is 0.369 e. The van der Waals surface area contributed by atoms with E-state index in [9.17, 15) is 8.42 Å². The van der Waals surface area contributed by atoms with E-state index in [2.05, 4.69) is 47.3 Å². The highest BCUT2D eigenvalue weighted by atomic mass is 32.2. The highest BCUT2D eigenvalue weighted by Crippen LogP contribution is 2.23. The Balaban J connectivity index is 1.56. The number of pyridine rings is 1. The molecule has 0 amide bonds. The molecule has 0 atom stereocenters. The first-order valence-electron chi connectivity index (χ1n) is 9.15. The summed E-state index contributed by atoms with van der Waals surface area (Å²) in [5, 5.41) is 12.3. The first-order chi connectivity index (χ1) is 13.9. The summed E-state index contributed by atoms with van der Waals surface area (Å²) in [6.45, 7) is 5.77. The number of aromatic nitrogens is 3. The van der Waals surface area contributed by atoms with Crippen LogP contribution >= 0.6 is 0 Å². The molecule has 2 aromatic heterocycles. The van der Waals surface area contributed by atoms with Gasteiger partial charge in [-0.15, -0.1) is 0 Å². The highest BCUT2D eigenvalue weighted by Gasteiger charge is 2.12. The molecule has 1 aliphatic rings. The van der Waals surface area contributed by atoms with Crippen molar-refractivity contribution in [1.82, 2.24) is 20.3 Å². The molecule has 29 heavy (non-hydrogen) atoms. The Bertz CT molecular complexity index is 1130. The summed E-state index contributed by atoms with van der Waals surface area (Å²) in [5.74, 6) is 0.481. The Labute approximate surface area is 168 Å². The molecule has 10 nitrogen and oxygen atoms in total. The first kappa shape index (κ1) is 19.3. The van der Waals surface area contributed by atoms with Gasteiger partial charge in [-0.3, -0.25) is 4.72 Å². The molecule has 0 radical (unpaired) electrons. The molecule has 4 rings (SSSR count). The van der Waals surface area contributed by atoms with Crippen LogP contribution in [0.5, 0.6) is 0 Å². The van der Waals surface area contributed by atoms with Crippen LogP contribution in [0.3, 0.4) is 0 Å². The second-order valence-corrected chi connectivity index (χ2v) is 8.11. The van der Waals surface area contributed by atoms with Crippen molar-refractivity contribution >= 4 is 44.4 Å². The fraction of sp³-hybridized carbons (Fsp3) is 0.278. The van der Waals surface area contributed by atoms with E-state index in [0.717, 1.165) is 42.8 Å². The van der Waals surface area contributed by atoms with Gasteiger partial charge in [0.2, 0.25) is 5.95 Å². The number of nitrogens with zero attached hydrogens (tertiary/aromatic N) is 4. The molecule has 0 unspecified atom stereocenters. The van der Waals surface area contributed by atoms with Gasteiger partial charge in [0.15, 0.2) is 5.65 Å². The number of aryl methyl sites for hydroxylation is 1. The number of anilines is 4. The number of hydrogen-bond donors (Lipinski definition) is 4. The van der Waals surface area contributed by atoms with E-state index < -0.39 is 10.2 Å². The monoisotopic (exact) mass is 414 g/mol. The Kier molecular flexibility index (Phi) is 5.18. The normalized spacial score (nSPS) is 14.8. The average Bonchev–Trinajstić information content (AvgIpc) is 2.68. The van der Waals surface area contributed by atoms with Crippen LogP contribution in [0.15, 0.2) is 36.5 Å². The maximum atomic E-state index is 11.3. The standard InChI is InChI=1S/C18H22N8O2S/c1-12-10-16(25-29(19,27)28)23-17-15(12)11-21-18(24-17)22-13-2-4-14(5-3-13)26-8-6-20-7-9-26/h2-5,10-11,20H,6-9H2,1H3,(H2,19,27,28)(H2,21,22,23,24,25). The number of piperazine rings is 1. The molecule has 0 aliphatic carbocycles. The summed E-state index contributed by atoms with van der Waals surface area (Å²) in [4.78, 5) is 15.3. The summed E-state index contributed by atoms with van der Waals surface area (Å²) >= 11 is 0. The number of nitrogens with one attached hydrogen (secondary N) is 3. The Hall–Kier alpha value is -3.02. The SMILES string of the molecule is Cc1cc(NS(N)(=O)=O)nc2nc(Nc3ccc(N4CCNCC4)cc3)ncc12. The summed E-state index contributed by atoms with van der Waals surface area (Å²) in [7, 11) is -3.91. The van der Waals surface area contributed by atoms with Gasteiger partial charge in [-0.05, 0) is 42.8 Å². The molecule has 1 aliphatic heterocycles. The molecule has 0 spiro atoms. The molecule has 152 valence electrons. The Morgan fingerprint density at radius 1 is 1.14 bits per heavy atom. The summed E-state index contributed by atoms with van der Waals surface area (Å²) in [6, 6.07) is 9.65. The van der Waals surface area contributed by atoms with Gasteiger partial charge in [0.25, 0.3) is 10.2 Å². The third kappa shape index (κ3) is 4.70. The van der Waals surface area contributed by atoms with Crippen molar-refractivity contribution in [2.75, 3.05) is 41.1 Å². The van der Waals surface area contributed by atoms with Gasteiger partial charge in [0.1, 0.15) is 5.82 Å². The summed E-state index contributed by atoms with van der Waals surface area (Å²) < 4.78 is 24.7. The second-order valence-electron chi connectivity index (χ2n) is 6.81. The Morgan fingerprint density at radius 2 is 1.86 bits per heavy atom. The molecule has 1 fully saturated rings. The van der Waals surface area contributed by atoms with E-state index in [4.69, 9.17) is 5.14 Å².